The predicted molar refractivity (Wildman–Crippen MR) is 123 cm³/mol. The van der Waals surface area contributed by atoms with Crippen LogP contribution in [0.1, 0.15) is 27.9 Å². The molecular formula is C26H27N3O2. The van der Waals surface area contributed by atoms with E-state index >= 15 is 0 Å². The number of carbonyl (C=O) groups excluding carboxylic acids is 1. The van der Waals surface area contributed by atoms with E-state index in [1.54, 1.807) is 7.11 Å². The third kappa shape index (κ3) is 4.31. The van der Waals surface area contributed by atoms with Crippen molar-refractivity contribution in [1.29, 1.82) is 0 Å². The fourth-order valence-electron chi connectivity index (χ4n) is 3.74. The summed E-state index contributed by atoms with van der Waals surface area (Å²) in [7, 11) is 1.64. The molecular weight excluding hydrogens is 386 g/mol. The van der Waals surface area contributed by atoms with Gasteiger partial charge in [-0.25, -0.2) is 4.98 Å². The number of ether oxygens (including phenoxy) is 1. The molecule has 0 bridgehead atoms. The van der Waals surface area contributed by atoms with Gasteiger partial charge in [0.1, 0.15) is 11.4 Å². The van der Waals surface area contributed by atoms with E-state index in [0.717, 1.165) is 39.5 Å². The van der Waals surface area contributed by atoms with Crippen molar-refractivity contribution in [3.05, 3.63) is 88.7 Å². The fraction of sp³-hybridized carbons (Fsp3) is 0.231. The summed E-state index contributed by atoms with van der Waals surface area (Å²) in [5.41, 5.74) is 8.13. The SMILES string of the molecule is COc1ccccc1CNC(=O)Cc1c(-c2ccc(C)c(C)c2)nc2cc(C)ccn12. The van der Waals surface area contributed by atoms with Gasteiger partial charge in [-0.15, -0.1) is 0 Å². The number of carbonyl (C=O) groups is 1. The molecule has 4 aromatic rings. The minimum atomic E-state index is -0.0571. The highest BCUT2D eigenvalue weighted by atomic mass is 16.5. The number of nitrogens with one attached hydrogen (secondary N) is 1. The maximum absolute atomic E-state index is 12.9. The topological polar surface area (TPSA) is 55.6 Å². The minimum Gasteiger partial charge on any atom is -0.496 e. The zero-order chi connectivity index (χ0) is 22.0. The van der Waals surface area contributed by atoms with Crippen LogP contribution in [0.25, 0.3) is 16.9 Å². The van der Waals surface area contributed by atoms with Crippen LogP contribution in [-0.2, 0) is 17.8 Å². The number of fused-ring (bicyclic) bond motifs is 1. The Morgan fingerprint density at radius 2 is 1.84 bits per heavy atom. The molecule has 0 aliphatic heterocycles. The Hall–Kier alpha value is -3.60. The normalized spacial score (nSPS) is 11.0. The number of aromatic nitrogens is 2. The monoisotopic (exact) mass is 413 g/mol. The average molecular weight is 414 g/mol. The number of rotatable bonds is 6. The molecule has 1 N–H and O–H groups in total. The van der Waals surface area contributed by atoms with Gasteiger partial charge in [0, 0.05) is 23.9 Å². The van der Waals surface area contributed by atoms with Crippen molar-refractivity contribution in [3.8, 4) is 17.0 Å². The van der Waals surface area contributed by atoms with E-state index in [2.05, 4.69) is 37.4 Å². The number of hydrogen-bond donors (Lipinski definition) is 1. The van der Waals surface area contributed by atoms with E-state index in [-0.39, 0.29) is 12.3 Å². The van der Waals surface area contributed by atoms with Crippen molar-refractivity contribution < 1.29 is 9.53 Å². The Morgan fingerprint density at radius 1 is 1.03 bits per heavy atom. The lowest BCUT2D eigenvalue weighted by atomic mass is 10.0. The molecule has 5 heteroatoms. The van der Waals surface area contributed by atoms with Crippen LogP contribution in [0.3, 0.4) is 0 Å². The zero-order valence-electron chi connectivity index (χ0n) is 18.4. The summed E-state index contributed by atoms with van der Waals surface area (Å²) in [4.78, 5) is 17.8. The average Bonchev–Trinajstić information content (AvgIpc) is 3.11. The highest BCUT2D eigenvalue weighted by Crippen LogP contribution is 2.27. The molecule has 31 heavy (non-hydrogen) atoms. The van der Waals surface area contributed by atoms with E-state index in [0.29, 0.717) is 6.54 Å². The van der Waals surface area contributed by atoms with E-state index in [1.807, 2.05) is 53.9 Å². The van der Waals surface area contributed by atoms with Crippen molar-refractivity contribution in [3.63, 3.8) is 0 Å². The number of para-hydroxylation sites is 1. The van der Waals surface area contributed by atoms with Crippen molar-refractivity contribution in [2.24, 2.45) is 0 Å². The Bertz CT molecular complexity index is 1260. The van der Waals surface area contributed by atoms with Gasteiger partial charge in [-0.2, -0.15) is 0 Å². The summed E-state index contributed by atoms with van der Waals surface area (Å²) in [5, 5.41) is 3.03. The lowest BCUT2D eigenvalue weighted by molar-refractivity contribution is -0.120. The van der Waals surface area contributed by atoms with Gasteiger partial charge in [0.05, 0.1) is 24.9 Å². The number of methoxy groups -OCH3 is 1. The first-order valence-electron chi connectivity index (χ1n) is 10.4. The molecule has 0 fully saturated rings. The van der Waals surface area contributed by atoms with Gasteiger partial charge in [0.25, 0.3) is 0 Å². The predicted octanol–water partition coefficient (Wildman–Crippen LogP) is 4.79. The minimum absolute atomic E-state index is 0.0571. The summed E-state index contributed by atoms with van der Waals surface area (Å²) >= 11 is 0. The van der Waals surface area contributed by atoms with Gasteiger partial charge >= 0.3 is 0 Å². The van der Waals surface area contributed by atoms with Crippen LogP contribution in [0.4, 0.5) is 0 Å². The number of amides is 1. The Balaban J connectivity index is 1.65. The molecule has 0 saturated heterocycles. The Morgan fingerprint density at radius 3 is 2.61 bits per heavy atom. The quantitative estimate of drug-likeness (QED) is 0.494. The van der Waals surface area contributed by atoms with Crippen LogP contribution in [-0.4, -0.2) is 22.4 Å². The molecule has 0 atom stereocenters. The second-order valence-corrected chi connectivity index (χ2v) is 7.90. The number of aryl methyl sites for hydroxylation is 3. The molecule has 0 saturated carbocycles. The smallest absolute Gasteiger partial charge is 0.226 e. The number of benzene rings is 2. The molecule has 0 spiro atoms. The summed E-state index contributed by atoms with van der Waals surface area (Å²) in [6.07, 6.45) is 2.23. The third-order valence-corrected chi connectivity index (χ3v) is 5.66. The summed E-state index contributed by atoms with van der Waals surface area (Å²) in [5.74, 6) is 0.710. The van der Waals surface area contributed by atoms with Crippen LogP contribution in [0.2, 0.25) is 0 Å². The largest absolute Gasteiger partial charge is 0.496 e. The Kier molecular flexibility index (Phi) is 5.76. The zero-order valence-corrected chi connectivity index (χ0v) is 18.4. The molecule has 2 heterocycles. The molecule has 5 nitrogen and oxygen atoms in total. The molecule has 0 aliphatic carbocycles. The standard InChI is InChI=1S/C26H27N3O2/c1-17-11-12-29-22(15-25(30)27-16-21-7-5-6-8-23(21)31-4)26(28-24(29)13-17)20-10-9-18(2)19(3)14-20/h5-14H,15-16H2,1-4H3,(H,27,30). The van der Waals surface area contributed by atoms with Crippen LogP contribution >= 0.6 is 0 Å². The van der Waals surface area contributed by atoms with Crippen LogP contribution in [0.5, 0.6) is 5.75 Å². The molecule has 2 aromatic heterocycles. The van der Waals surface area contributed by atoms with Gasteiger partial charge in [-0.3, -0.25) is 4.79 Å². The first-order chi connectivity index (χ1) is 15.0. The highest BCUT2D eigenvalue weighted by molar-refractivity contribution is 5.81. The summed E-state index contributed by atoms with van der Waals surface area (Å²) in [6.45, 7) is 6.65. The van der Waals surface area contributed by atoms with Crippen LogP contribution in [0, 0.1) is 20.8 Å². The van der Waals surface area contributed by atoms with E-state index in [1.165, 1.54) is 11.1 Å². The molecule has 1 amide bonds. The van der Waals surface area contributed by atoms with Crippen molar-refractivity contribution >= 4 is 11.6 Å². The maximum atomic E-state index is 12.9. The molecule has 158 valence electrons. The first-order valence-corrected chi connectivity index (χ1v) is 10.4. The van der Waals surface area contributed by atoms with Gasteiger partial charge in [-0.05, 0) is 61.7 Å². The van der Waals surface area contributed by atoms with Gasteiger partial charge in [0.15, 0.2) is 0 Å². The van der Waals surface area contributed by atoms with Gasteiger partial charge < -0.3 is 14.5 Å². The molecule has 0 radical (unpaired) electrons. The van der Waals surface area contributed by atoms with E-state index < -0.39 is 0 Å². The number of pyridine rings is 1. The van der Waals surface area contributed by atoms with Gasteiger partial charge in [0.2, 0.25) is 5.91 Å². The van der Waals surface area contributed by atoms with Crippen molar-refractivity contribution in [2.75, 3.05) is 7.11 Å². The maximum Gasteiger partial charge on any atom is 0.226 e. The lowest BCUT2D eigenvalue weighted by Crippen LogP contribution is -2.25. The molecule has 4 rings (SSSR count). The summed E-state index contributed by atoms with van der Waals surface area (Å²) < 4.78 is 7.40. The number of imidazole rings is 1. The number of nitrogens with zero attached hydrogens (tertiary/aromatic N) is 2. The molecule has 0 unspecified atom stereocenters. The van der Waals surface area contributed by atoms with E-state index in [9.17, 15) is 4.79 Å². The summed E-state index contributed by atoms with van der Waals surface area (Å²) in [6, 6.07) is 18.1. The van der Waals surface area contributed by atoms with Gasteiger partial charge in [-0.1, -0.05) is 30.3 Å². The number of hydrogen-bond acceptors (Lipinski definition) is 3. The van der Waals surface area contributed by atoms with Crippen molar-refractivity contribution in [1.82, 2.24) is 14.7 Å². The van der Waals surface area contributed by atoms with E-state index in [4.69, 9.17) is 9.72 Å². The molecule has 2 aromatic carbocycles. The highest BCUT2D eigenvalue weighted by Gasteiger charge is 2.18. The fourth-order valence-corrected chi connectivity index (χ4v) is 3.74. The third-order valence-electron chi connectivity index (χ3n) is 5.66. The second-order valence-electron chi connectivity index (χ2n) is 7.90. The van der Waals surface area contributed by atoms with Crippen LogP contribution < -0.4 is 10.1 Å². The Labute approximate surface area is 182 Å². The first kappa shape index (κ1) is 20.7. The second kappa shape index (κ2) is 8.64. The molecule has 0 aliphatic rings. The lowest BCUT2D eigenvalue weighted by Gasteiger charge is -2.11. The van der Waals surface area contributed by atoms with Crippen molar-refractivity contribution in [2.45, 2.75) is 33.7 Å². The van der Waals surface area contributed by atoms with Crippen LogP contribution in [0.15, 0.2) is 60.8 Å².